The lowest BCUT2D eigenvalue weighted by atomic mass is 9.98. The molecule has 0 amide bonds. The number of hydrogen-bond donors (Lipinski definition) is 1. The van der Waals surface area contributed by atoms with Gasteiger partial charge in [0.15, 0.2) is 5.78 Å². The summed E-state index contributed by atoms with van der Waals surface area (Å²) in [7, 11) is 0. The van der Waals surface area contributed by atoms with E-state index in [4.69, 9.17) is 0 Å². The summed E-state index contributed by atoms with van der Waals surface area (Å²) >= 11 is 0. The van der Waals surface area contributed by atoms with E-state index in [1.54, 1.807) is 26.0 Å². The summed E-state index contributed by atoms with van der Waals surface area (Å²) in [6, 6.07) is 8.99. The Hall–Kier alpha value is -1.15. The molecule has 0 aliphatic rings. The van der Waals surface area contributed by atoms with Gasteiger partial charge >= 0.3 is 0 Å². The fraction of sp³-hybridized carbons (Fsp3) is 0.364. The normalized spacial score (nSPS) is 12.9. The van der Waals surface area contributed by atoms with Gasteiger partial charge in [-0.05, 0) is 5.56 Å². The Kier molecular flexibility index (Phi) is 3.20. The Bertz CT molecular complexity index is 277. The minimum atomic E-state index is -0.971. The molecule has 70 valence electrons. The van der Waals surface area contributed by atoms with Crippen molar-refractivity contribution < 1.29 is 9.90 Å². The van der Waals surface area contributed by atoms with Gasteiger partial charge in [-0.25, -0.2) is 0 Å². The molecule has 1 aromatic rings. The molecule has 1 aromatic carbocycles. The lowest BCUT2D eigenvalue weighted by molar-refractivity contribution is -0.130. The van der Waals surface area contributed by atoms with Gasteiger partial charge in [0.25, 0.3) is 0 Å². The van der Waals surface area contributed by atoms with Crippen LogP contribution < -0.4 is 0 Å². The highest BCUT2D eigenvalue weighted by Crippen LogP contribution is 2.16. The number of benzene rings is 1. The minimum Gasteiger partial charge on any atom is -0.381 e. The maximum atomic E-state index is 11.4. The smallest absolute Gasteiger partial charge is 0.168 e. The first-order valence-electron chi connectivity index (χ1n) is 4.39. The fourth-order valence-corrected chi connectivity index (χ4v) is 1.12. The molecular formula is C11H14O2. The van der Waals surface area contributed by atoms with Crippen LogP contribution in [-0.4, -0.2) is 10.9 Å². The summed E-state index contributed by atoms with van der Waals surface area (Å²) in [6.45, 7) is 3.57. The standard InChI is InChI=1S/C11H14O2/c1-8(2)10(12)11(13)9-6-4-3-5-7-9/h3-8,11,13H,1-2H3. The highest BCUT2D eigenvalue weighted by molar-refractivity contribution is 5.85. The molecule has 2 nitrogen and oxygen atoms in total. The van der Waals surface area contributed by atoms with Gasteiger partial charge in [0.2, 0.25) is 0 Å². The van der Waals surface area contributed by atoms with Crippen molar-refractivity contribution in [2.45, 2.75) is 20.0 Å². The number of ketones is 1. The number of Topliss-reactive ketones (excluding diaryl/α,β-unsaturated/α-hetero) is 1. The van der Waals surface area contributed by atoms with Crippen LogP contribution in [0.4, 0.5) is 0 Å². The van der Waals surface area contributed by atoms with Crippen LogP contribution in [0.5, 0.6) is 0 Å². The predicted molar refractivity (Wildman–Crippen MR) is 51.2 cm³/mol. The number of rotatable bonds is 3. The molecule has 0 saturated heterocycles. The van der Waals surface area contributed by atoms with E-state index < -0.39 is 6.10 Å². The summed E-state index contributed by atoms with van der Waals surface area (Å²) in [6.07, 6.45) is -0.971. The van der Waals surface area contributed by atoms with E-state index in [9.17, 15) is 9.90 Å². The van der Waals surface area contributed by atoms with Crippen molar-refractivity contribution in [2.24, 2.45) is 5.92 Å². The molecule has 0 aliphatic carbocycles. The predicted octanol–water partition coefficient (Wildman–Crippen LogP) is 1.95. The first-order valence-corrected chi connectivity index (χ1v) is 4.39. The third-order valence-corrected chi connectivity index (χ3v) is 1.95. The second kappa shape index (κ2) is 4.19. The Morgan fingerprint density at radius 1 is 1.23 bits per heavy atom. The number of hydrogen-bond acceptors (Lipinski definition) is 2. The van der Waals surface area contributed by atoms with Crippen LogP contribution in [0.1, 0.15) is 25.5 Å². The van der Waals surface area contributed by atoms with Crippen molar-refractivity contribution in [3.63, 3.8) is 0 Å². The van der Waals surface area contributed by atoms with Crippen molar-refractivity contribution in [2.75, 3.05) is 0 Å². The third kappa shape index (κ3) is 2.39. The van der Waals surface area contributed by atoms with Gasteiger partial charge in [0.1, 0.15) is 6.10 Å². The van der Waals surface area contributed by atoms with Gasteiger partial charge in [-0.1, -0.05) is 44.2 Å². The molecule has 0 saturated carbocycles. The lowest BCUT2D eigenvalue weighted by Crippen LogP contribution is -2.17. The number of aliphatic hydroxyl groups is 1. The lowest BCUT2D eigenvalue weighted by Gasteiger charge is -2.11. The highest BCUT2D eigenvalue weighted by Gasteiger charge is 2.19. The van der Waals surface area contributed by atoms with Crippen LogP contribution in [0.15, 0.2) is 30.3 Å². The Balaban J connectivity index is 2.80. The van der Waals surface area contributed by atoms with Gasteiger partial charge in [-0.15, -0.1) is 0 Å². The van der Waals surface area contributed by atoms with Crippen LogP contribution in [0.3, 0.4) is 0 Å². The Morgan fingerprint density at radius 3 is 2.23 bits per heavy atom. The van der Waals surface area contributed by atoms with Gasteiger partial charge in [0.05, 0.1) is 0 Å². The van der Waals surface area contributed by atoms with E-state index in [1.807, 2.05) is 18.2 Å². The van der Waals surface area contributed by atoms with Crippen LogP contribution in [0.25, 0.3) is 0 Å². The Labute approximate surface area is 78.2 Å². The zero-order valence-corrected chi connectivity index (χ0v) is 7.90. The molecule has 1 N–H and O–H groups in total. The van der Waals surface area contributed by atoms with Gasteiger partial charge < -0.3 is 5.11 Å². The average molecular weight is 178 g/mol. The van der Waals surface area contributed by atoms with E-state index in [0.717, 1.165) is 0 Å². The molecule has 0 aliphatic heterocycles. The highest BCUT2D eigenvalue weighted by atomic mass is 16.3. The summed E-state index contributed by atoms with van der Waals surface area (Å²) in [5.74, 6) is -0.263. The molecule has 1 rings (SSSR count). The molecular weight excluding hydrogens is 164 g/mol. The van der Waals surface area contributed by atoms with Crippen LogP contribution in [0.2, 0.25) is 0 Å². The zero-order valence-electron chi connectivity index (χ0n) is 7.90. The summed E-state index contributed by atoms with van der Waals surface area (Å²) in [4.78, 5) is 11.4. The van der Waals surface area contributed by atoms with E-state index in [1.165, 1.54) is 0 Å². The van der Waals surface area contributed by atoms with Crippen molar-refractivity contribution in [1.82, 2.24) is 0 Å². The maximum Gasteiger partial charge on any atom is 0.168 e. The summed E-state index contributed by atoms with van der Waals surface area (Å²) < 4.78 is 0. The molecule has 0 spiro atoms. The monoisotopic (exact) mass is 178 g/mol. The molecule has 2 heteroatoms. The van der Waals surface area contributed by atoms with Crippen molar-refractivity contribution in [1.29, 1.82) is 0 Å². The Morgan fingerprint density at radius 2 is 1.77 bits per heavy atom. The van der Waals surface area contributed by atoms with Gasteiger partial charge in [-0.3, -0.25) is 4.79 Å². The maximum absolute atomic E-state index is 11.4. The molecule has 0 aromatic heterocycles. The van der Waals surface area contributed by atoms with Crippen molar-refractivity contribution >= 4 is 5.78 Å². The number of carbonyl (C=O) groups is 1. The zero-order chi connectivity index (χ0) is 9.84. The van der Waals surface area contributed by atoms with Crippen LogP contribution in [-0.2, 0) is 4.79 Å². The van der Waals surface area contributed by atoms with Crippen molar-refractivity contribution in [3.8, 4) is 0 Å². The second-order valence-corrected chi connectivity index (χ2v) is 3.37. The summed E-state index contributed by atoms with van der Waals surface area (Å²) in [5.41, 5.74) is 0.668. The number of carbonyl (C=O) groups excluding carboxylic acids is 1. The molecule has 0 radical (unpaired) electrons. The van der Waals surface area contributed by atoms with E-state index in [0.29, 0.717) is 5.56 Å². The molecule has 13 heavy (non-hydrogen) atoms. The van der Waals surface area contributed by atoms with Gasteiger partial charge in [0, 0.05) is 5.92 Å². The largest absolute Gasteiger partial charge is 0.381 e. The first-order chi connectivity index (χ1) is 6.13. The van der Waals surface area contributed by atoms with Crippen LogP contribution >= 0.6 is 0 Å². The second-order valence-electron chi connectivity index (χ2n) is 3.37. The molecule has 1 atom stereocenters. The fourth-order valence-electron chi connectivity index (χ4n) is 1.12. The van der Waals surface area contributed by atoms with Crippen LogP contribution in [0, 0.1) is 5.92 Å². The van der Waals surface area contributed by atoms with E-state index in [-0.39, 0.29) is 11.7 Å². The molecule has 0 bridgehead atoms. The first kappa shape index (κ1) is 9.93. The quantitative estimate of drug-likeness (QED) is 0.768. The summed E-state index contributed by atoms with van der Waals surface area (Å²) in [5, 5.41) is 9.61. The van der Waals surface area contributed by atoms with Crippen molar-refractivity contribution in [3.05, 3.63) is 35.9 Å². The third-order valence-electron chi connectivity index (χ3n) is 1.95. The molecule has 0 fully saturated rings. The van der Waals surface area contributed by atoms with E-state index in [2.05, 4.69) is 0 Å². The van der Waals surface area contributed by atoms with E-state index >= 15 is 0 Å². The topological polar surface area (TPSA) is 37.3 Å². The minimum absolute atomic E-state index is 0.129. The van der Waals surface area contributed by atoms with Gasteiger partial charge in [-0.2, -0.15) is 0 Å². The SMILES string of the molecule is CC(C)C(=O)C(O)c1ccccc1. The number of aliphatic hydroxyl groups excluding tert-OH is 1. The molecule has 1 unspecified atom stereocenters. The molecule has 0 heterocycles. The average Bonchev–Trinajstić information content (AvgIpc) is 2.17.